The molecule has 0 amide bonds. The molecular weight excluding hydrogens is 128 g/mol. The maximum atomic E-state index is 8.58. The Balaban J connectivity index is 2.79. The number of aromatic nitrogens is 2. The molecule has 0 unspecified atom stereocenters. The number of hydrogen-bond acceptors (Lipinski definition) is 2. The Morgan fingerprint density at radius 1 is 1.80 bits per heavy atom. The molecule has 0 radical (unpaired) electrons. The topological polar surface area (TPSA) is 38.0 Å². The normalized spacial score (nSPS) is 9.70. The molecule has 0 aromatic carbocycles. The molecule has 0 fully saturated rings. The maximum Gasteiger partial charge on any atom is 0.132 e. The summed E-state index contributed by atoms with van der Waals surface area (Å²) < 4.78 is 1.84. The highest BCUT2D eigenvalue weighted by atomic mass is 16.3. The molecule has 0 aliphatic carbocycles. The third kappa shape index (κ3) is 1.25. The standard InChI is InChI=1S/C7H10N2O/c1-2-7-8-3-4-9(7)5-6-10/h2-4,10H,1,5-6H2. The fourth-order valence-electron chi connectivity index (χ4n) is 0.807. The Labute approximate surface area is 59.6 Å². The molecule has 0 saturated heterocycles. The summed E-state index contributed by atoms with van der Waals surface area (Å²) in [6.07, 6.45) is 5.16. The largest absolute Gasteiger partial charge is 0.395 e. The minimum Gasteiger partial charge on any atom is -0.395 e. The zero-order valence-corrected chi connectivity index (χ0v) is 5.70. The summed E-state index contributed by atoms with van der Waals surface area (Å²) in [5.41, 5.74) is 0. The first-order valence-electron chi connectivity index (χ1n) is 3.13. The highest BCUT2D eigenvalue weighted by Gasteiger charge is 1.94. The summed E-state index contributed by atoms with van der Waals surface area (Å²) >= 11 is 0. The molecule has 1 rings (SSSR count). The molecular formula is C7H10N2O. The molecule has 0 bridgehead atoms. The van der Waals surface area contributed by atoms with Gasteiger partial charge in [-0.3, -0.25) is 0 Å². The van der Waals surface area contributed by atoms with E-state index in [-0.39, 0.29) is 6.61 Å². The molecule has 3 heteroatoms. The van der Waals surface area contributed by atoms with Crippen LogP contribution in [0.4, 0.5) is 0 Å². The van der Waals surface area contributed by atoms with E-state index in [9.17, 15) is 0 Å². The van der Waals surface area contributed by atoms with E-state index in [1.165, 1.54) is 0 Å². The van der Waals surface area contributed by atoms with Gasteiger partial charge in [-0.2, -0.15) is 0 Å². The van der Waals surface area contributed by atoms with Crippen molar-refractivity contribution in [3.05, 3.63) is 24.8 Å². The molecule has 0 spiro atoms. The molecule has 1 N–H and O–H groups in total. The van der Waals surface area contributed by atoms with Crippen LogP contribution < -0.4 is 0 Å². The predicted octanol–water partition coefficient (Wildman–Crippen LogP) is 0.518. The first-order chi connectivity index (χ1) is 4.88. The molecule has 0 saturated carbocycles. The van der Waals surface area contributed by atoms with E-state index in [0.717, 1.165) is 5.82 Å². The quantitative estimate of drug-likeness (QED) is 0.661. The minimum absolute atomic E-state index is 0.136. The smallest absolute Gasteiger partial charge is 0.132 e. The molecule has 10 heavy (non-hydrogen) atoms. The van der Waals surface area contributed by atoms with Gasteiger partial charge in [0.2, 0.25) is 0 Å². The van der Waals surface area contributed by atoms with Gasteiger partial charge in [-0.15, -0.1) is 0 Å². The number of imidazole rings is 1. The van der Waals surface area contributed by atoms with Crippen molar-refractivity contribution in [1.29, 1.82) is 0 Å². The van der Waals surface area contributed by atoms with Gasteiger partial charge in [-0.1, -0.05) is 6.58 Å². The van der Waals surface area contributed by atoms with Crippen LogP contribution in [0.25, 0.3) is 6.08 Å². The van der Waals surface area contributed by atoms with E-state index in [1.807, 2.05) is 10.8 Å². The van der Waals surface area contributed by atoms with Crippen LogP contribution in [0, 0.1) is 0 Å². The third-order valence-electron chi connectivity index (χ3n) is 1.27. The summed E-state index contributed by atoms with van der Waals surface area (Å²) in [6, 6.07) is 0. The average Bonchev–Trinajstić information content (AvgIpc) is 2.36. The number of nitrogens with zero attached hydrogens (tertiary/aromatic N) is 2. The summed E-state index contributed by atoms with van der Waals surface area (Å²) in [6.45, 7) is 4.30. The molecule has 0 aliphatic rings. The summed E-state index contributed by atoms with van der Waals surface area (Å²) in [5.74, 6) is 0.800. The fourth-order valence-corrected chi connectivity index (χ4v) is 0.807. The number of aliphatic hydroxyl groups is 1. The van der Waals surface area contributed by atoms with E-state index in [1.54, 1.807) is 12.3 Å². The third-order valence-corrected chi connectivity index (χ3v) is 1.27. The molecule has 54 valence electrons. The van der Waals surface area contributed by atoms with Crippen LogP contribution in [-0.2, 0) is 6.54 Å². The van der Waals surface area contributed by atoms with Gasteiger partial charge in [0.05, 0.1) is 6.61 Å². The van der Waals surface area contributed by atoms with Crippen molar-refractivity contribution >= 4 is 6.08 Å². The highest BCUT2D eigenvalue weighted by Crippen LogP contribution is 1.97. The molecule has 3 nitrogen and oxygen atoms in total. The van der Waals surface area contributed by atoms with Gasteiger partial charge in [0, 0.05) is 18.9 Å². The van der Waals surface area contributed by atoms with Crippen molar-refractivity contribution in [3.63, 3.8) is 0 Å². The Bertz CT molecular complexity index is 217. The van der Waals surface area contributed by atoms with Crippen molar-refractivity contribution in [2.45, 2.75) is 6.54 Å². The van der Waals surface area contributed by atoms with Crippen molar-refractivity contribution in [1.82, 2.24) is 9.55 Å². The first kappa shape index (κ1) is 7.02. The van der Waals surface area contributed by atoms with Gasteiger partial charge in [0.25, 0.3) is 0 Å². The Hall–Kier alpha value is -1.09. The van der Waals surface area contributed by atoms with Crippen molar-refractivity contribution < 1.29 is 5.11 Å². The van der Waals surface area contributed by atoms with E-state index in [2.05, 4.69) is 11.6 Å². The Morgan fingerprint density at radius 3 is 3.20 bits per heavy atom. The number of aliphatic hydroxyl groups excluding tert-OH is 1. The summed E-state index contributed by atoms with van der Waals surface area (Å²) in [5, 5.41) is 8.58. The van der Waals surface area contributed by atoms with Gasteiger partial charge in [-0.05, 0) is 6.08 Å². The Morgan fingerprint density at radius 2 is 2.60 bits per heavy atom. The van der Waals surface area contributed by atoms with Crippen molar-refractivity contribution in [3.8, 4) is 0 Å². The monoisotopic (exact) mass is 138 g/mol. The number of rotatable bonds is 3. The van der Waals surface area contributed by atoms with Crippen LogP contribution in [0.2, 0.25) is 0 Å². The lowest BCUT2D eigenvalue weighted by Gasteiger charge is -1.99. The highest BCUT2D eigenvalue weighted by molar-refractivity contribution is 5.36. The molecule has 1 aromatic heterocycles. The molecule has 1 heterocycles. The van der Waals surface area contributed by atoms with Gasteiger partial charge in [0.1, 0.15) is 5.82 Å². The molecule has 1 aromatic rings. The van der Waals surface area contributed by atoms with Gasteiger partial charge in [-0.25, -0.2) is 4.98 Å². The van der Waals surface area contributed by atoms with E-state index >= 15 is 0 Å². The lowest BCUT2D eigenvalue weighted by molar-refractivity contribution is 0.275. The number of hydrogen-bond donors (Lipinski definition) is 1. The second-order valence-electron chi connectivity index (χ2n) is 1.91. The lowest BCUT2D eigenvalue weighted by Crippen LogP contribution is -2.02. The van der Waals surface area contributed by atoms with Crippen LogP contribution in [0.1, 0.15) is 5.82 Å². The fraction of sp³-hybridized carbons (Fsp3) is 0.286. The minimum atomic E-state index is 0.136. The van der Waals surface area contributed by atoms with Gasteiger partial charge < -0.3 is 9.67 Å². The van der Waals surface area contributed by atoms with Crippen LogP contribution in [0.5, 0.6) is 0 Å². The van der Waals surface area contributed by atoms with Crippen molar-refractivity contribution in [2.24, 2.45) is 0 Å². The van der Waals surface area contributed by atoms with Crippen LogP contribution in [0.15, 0.2) is 19.0 Å². The second-order valence-corrected chi connectivity index (χ2v) is 1.91. The zero-order chi connectivity index (χ0) is 7.40. The summed E-state index contributed by atoms with van der Waals surface area (Å²) in [4.78, 5) is 3.99. The first-order valence-corrected chi connectivity index (χ1v) is 3.13. The van der Waals surface area contributed by atoms with E-state index in [4.69, 9.17) is 5.11 Å². The SMILES string of the molecule is C=Cc1nccn1CCO. The lowest BCUT2D eigenvalue weighted by atomic mass is 10.5. The predicted molar refractivity (Wildman–Crippen MR) is 39.4 cm³/mol. The summed E-state index contributed by atoms with van der Waals surface area (Å²) in [7, 11) is 0. The van der Waals surface area contributed by atoms with Crippen LogP contribution >= 0.6 is 0 Å². The van der Waals surface area contributed by atoms with Gasteiger partial charge in [0.15, 0.2) is 0 Å². The average molecular weight is 138 g/mol. The zero-order valence-electron chi connectivity index (χ0n) is 5.70. The van der Waals surface area contributed by atoms with Gasteiger partial charge >= 0.3 is 0 Å². The van der Waals surface area contributed by atoms with E-state index in [0.29, 0.717) is 6.54 Å². The second kappa shape index (κ2) is 3.17. The molecule has 0 aliphatic heterocycles. The Kier molecular flexibility index (Phi) is 2.23. The molecule has 0 atom stereocenters. The van der Waals surface area contributed by atoms with Crippen LogP contribution in [0.3, 0.4) is 0 Å². The van der Waals surface area contributed by atoms with Crippen molar-refractivity contribution in [2.75, 3.05) is 6.61 Å². The maximum absolute atomic E-state index is 8.58. The van der Waals surface area contributed by atoms with E-state index < -0.39 is 0 Å². The van der Waals surface area contributed by atoms with Crippen LogP contribution in [-0.4, -0.2) is 21.3 Å².